The maximum atomic E-state index is 12.5. The molecule has 0 atom stereocenters. The van der Waals surface area contributed by atoms with Crippen molar-refractivity contribution < 1.29 is 4.79 Å². The number of aryl methyl sites for hydroxylation is 1. The van der Waals surface area contributed by atoms with Gasteiger partial charge in [0.15, 0.2) is 11.3 Å². The summed E-state index contributed by atoms with van der Waals surface area (Å²) in [5.41, 5.74) is 4.30. The average Bonchev–Trinajstić information content (AvgIpc) is 3.07. The monoisotopic (exact) mass is 362 g/mol. The van der Waals surface area contributed by atoms with E-state index in [1.807, 2.05) is 43.3 Å². The normalized spacial score (nSPS) is 10.8. The van der Waals surface area contributed by atoms with Gasteiger partial charge in [0.1, 0.15) is 0 Å². The molecule has 0 aliphatic heterocycles. The molecule has 1 amide bonds. The largest absolute Gasteiger partial charge is 0.321 e. The van der Waals surface area contributed by atoms with Crippen LogP contribution in [0.25, 0.3) is 16.9 Å². The number of hydrogen-bond donors (Lipinski definition) is 1. The summed E-state index contributed by atoms with van der Waals surface area (Å²) >= 11 is 5.95. The zero-order valence-electron chi connectivity index (χ0n) is 14.0. The number of halogens is 1. The van der Waals surface area contributed by atoms with Gasteiger partial charge >= 0.3 is 0 Å². The Hall–Kier alpha value is -3.18. The fourth-order valence-corrected chi connectivity index (χ4v) is 2.94. The summed E-state index contributed by atoms with van der Waals surface area (Å²) in [5.74, 6) is -0.307. The number of amides is 1. The summed E-state index contributed by atoms with van der Waals surface area (Å²) in [6, 6.07) is 20.5. The minimum absolute atomic E-state index is 0.297. The molecule has 0 radical (unpaired) electrons. The van der Waals surface area contributed by atoms with Crippen molar-refractivity contribution in [2.24, 2.45) is 0 Å². The highest BCUT2D eigenvalue weighted by atomic mass is 35.5. The van der Waals surface area contributed by atoms with Crippen LogP contribution in [0.1, 0.15) is 16.2 Å². The lowest BCUT2D eigenvalue weighted by Gasteiger charge is -2.04. The summed E-state index contributed by atoms with van der Waals surface area (Å²) in [6.45, 7) is 1.94. The van der Waals surface area contributed by atoms with Gasteiger partial charge in [-0.15, -0.1) is 0 Å². The summed E-state index contributed by atoms with van der Waals surface area (Å²) in [6.07, 6.45) is 0. The van der Waals surface area contributed by atoms with E-state index in [9.17, 15) is 4.79 Å². The van der Waals surface area contributed by atoms with Crippen molar-refractivity contribution in [3.63, 3.8) is 0 Å². The minimum atomic E-state index is -0.307. The molecule has 0 fully saturated rings. The van der Waals surface area contributed by atoms with Gasteiger partial charge in [0, 0.05) is 28.0 Å². The molecule has 26 heavy (non-hydrogen) atoms. The Bertz CT molecular complexity index is 1110. The van der Waals surface area contributed by atoms with Crippen molar-refractivity contribution >= 4 is 28.8 Å². The van der Waals surface area contributed by atoms with Gasteiger partial charge in [-0.3, -0.25) is 4.79 Å². The fourth-order valence-electron chi connectivity index (χ4n) is 2.75. The lowest BCUT2D eigenvalue weighted by Crippen LogP contribution is -2.12. The van der Waals surface area contributed by atoms with Crippen LogP contribution < -0.4 is 5.32 Å². The van der Waals surface area contributed by atoms with Crippen molar-refractivity contribution in [2.45, 2.75) is 6.92 Å². The van der Waals surface area contributed by atoms with Crippen molar-refractivity contribution in [3.05, 3.63) is 83.1 Å². The SMILES string of the molecule is Cc1cc(-c2ccccc2)nc2cc(C(=O)Nc3cccc(Cl)c3)nn12. The topological polar surface area (TPSA) is 59.3 Å². The molecular weight excluding hydrogens is 348 g/mol. The van der Waals surface area contributed by atoms with Gasteiger partial charge in [0.05, 0.1) is 5.69 Å². The molecule has 0 saturated carbocycles. The van der Waals surface area contributed by atoms with Gasteiger partial charge in [-0.1, -0.05) is 48.0 Å². The van der Waals surface area contributed by atoms with E-state index < -0.39 is 0 Å². The van der Waals surface area contributed by atoms with Crippen LogP contribution in [0.15, 0.2) is 66.7 Å². The molecule has 6 heteroatoms. The number of fused-ring (bicyclic) bond motifs is 1. The van der Waals surface area contributed by atoms with Crippen molar-refractivity contribution in [1.82, 2.24) is 14.6 Å². The molecule has 0 saturated heterocycles. The number of aromatic nitrogens is 3. The first kappa shape index (κ1) is 16.3. The van der Waals surface area contributed by atoms with Gasteiger partial charge in [-0.2, -0.15) is 5.10 Å². The standard InChI is InChI=1S/C20H15ClN4O/c1-13-10-17(14-6-3-2-4-7-14)23-19-12-18(24-25(13)19)20(26)22-16-9-5-8-15(21)11-16/h2-12H,1H3,(H,22,26). The van der Waals surface area contributed by atoms with E-state index in [-0.39, 0.29) is 5.91 Å². The van der Waals surface area contributed by atoms with E-state index in [0.717, 1.165) is 17.0 Å². The lowest BCUT2D eigenvalue weighted by atomic mass is 10.1. The summed E-state index contributed by atoms with van der Waals surface area (Å²) in [7, 11) is 0. The Morgan fingerprint density at radius 1 is 1.04 bits per heavy atom. The van der Waals surface area contributed by atoms with E-state index >= 15 is 0 Å². The molecular formula is C20H15ClN4O. The van der Waals surface area contributed by atoms with Gasteiger partial charge in [0.25, 0.3) is 5.91 Å². The second-order valence-electron chi connectivity index (χ2n) is 5.91. The van der Waals surface area contributed by atoms with Crippen molar-refractivity contribution in [2.75, 3.05) is 5.32 Å². The minimum Gasteiger partial charge on any atom is -0.321 e. The number of nitrogens with one attached hydrogen (secondary N) is 1. The van der Waals surface area contributed by atoms with Crippen molar-refractivity contribution in [3.8, 4) is 11.3 Å². The zero-order valence-corrected chi connectivity index (χ0v) is 14.7. The number of carbonyl (C=O) groups is 1. The second-order valence-corrected chi connectivity index (χ2v) is 6.35. The molecule has 0 bridgehead atoms. The van der Waals surface area contributed by atoms with E-state index in [1.165, 1.54) is 0 Å². The smallest absolute Gasteiger partial charge is 0.276 e. The van der Waals surface area contributed by atoms with Crippen LogP contribution in [0, 0.1) is 6.92 Å². The third-order valence-electron chi connectivity index (χ3n) is 3.99. The third kappa shape index (κ3) is 3.17. The zero-order chi connectivity index (χ0) is 18.1. The Morgan fingerprint density at radius 3 is 2.62 bits per heavy atom. The molecule has 0 aliphatic rings. The van der Waals surface area contributed by atoms with Crippen LogP contribution in [-0.2, 0) is 0 Å². The molecule has 5 nitrogen and oxygen atoms in total. The highest BCUT2D eigenvalue weighted by Crippen LogP contribution is 2.20. The summed E-state index contributed by atoms with van der Waals surface area (Å²) in [5, 5.41) is 7.73. The van der Waals surface area contributed by atoms with Crippen LogP contribution in [0.2, 0.25) is 5.02 Å². The molecule has 4 aromatic rings. The number of nitrogens with zero attached hydrogens (tertiary/aromatic N) is 3. The first-order valence-electron chi connectivity index (χ1n) is 8.10. The van der Waals surface area contributed by atoms with Crippen molar-refractivity contribution in [1.29, 1.82) is 0 Å². The molecule has 2 aromatic carbocycles. The van der Waals surface area contributed by atoms with E-state index in [0.29, 0.717) is 22.1 Å². The molecule has 2 heterocycles. The first-order chi connectivity index (χ1) is 12.6. The Kier molecular flexibility index (Phi) is 4.14. The Morgan fingerprint density at radius 2 is 1.85 bits per heavy atom. The average molecular weight is 363 g/mol. The quantitative estimate of drug-likeness (QED) is 0.579. The predicted molar refractivity (Wildman–Crippen MR) is 103 cm³/mol. The highest BCUT2D eigenvalue weighted by Gasteiger charge is 2.14. The molecule has 0 spiro atoms. The Labute approximate surface area is 155 Å². The lowest BCUT2D eigenvalue weighted by molar-refractivity contribution is 0.102. The van der Waals surface area contributed by atoms with Gasteiger partial charge < -0.3 is 5.32 Å². The maximum Gasteiger partial charge on any atom is 0.276 e. The van der Waals surface area contributed by atoms with E-state index in [4.69, 9.17) is 11.6 Å². The van der Waals surface area contributed by atoms with Crippen LogP contribution in [-0.4, -0.2) is 20.5 Å². The highest BCUT2D eigenvalue weighted by molar-refractivity contribution is 6.30. The molecule has 4 rings (SSSR count). The molecule has 128 valence electrons. The second kappa shape index (κ2) is 6.61. The molecule has 1 N–H and O–H groups in total. The van der Waals surface area contributed by atoms with E-state index in [1.54, 1.807) is 34.8 Å². The van der Waals surface area contributed by atoms with Crippen LogP contribution >= 0.6 is 11.6 Å². The van der Waals surface area contributed by atoms with Gasteiger partial charge in [-0.05, 0) is 31.2 Å². The molecule has 2 aromatic heterocycles. The number of anilines is 1. The maximum absolute atomic E-state index is 12.5. The first-order valence-corrected chi connectivity index (χ1v) is 8.48. The van der Waals surface area contributed by atoms with Crippen LogP contribution in [0.5, 0.6) is 0 Å². The summed E-state index contributed by atoms with van der Waals surface area (Å²) in [4.78, 5) is 17.1. The van der Waals surface area contributed by atoms with Gasteiger partial charge in [-0.25, -0.2) is 9.50 Å². The van der Waals surface area contributed by atoms with E-state index in [2.05, 4.69) is 15.4 Å². The van der Waals surface area contributed by atoms with Crippen LogP contribution in [0.4, 0.5) is 5.69 Å². The molecule has 0 aliphatic carbocycles. The number of rotatable bonds is 3. The number of benzene rings is 2. The molecule has 0 unspecified atom stereocenters. The third-order valence-corrected chi connectivity index (χ3v) is 4.23. The number of hydrogen-bond acceptors (Lipinski definition) is 3. The summed E-state index contributed by atoms with van der Waals surface area (Å²) < 4.78 is 1.67. The predicted octanol–water partition coefficient (Wildman–Crippen LogP) is 4.61. The number of carbonyl (C=O) groups excluding carboxylic acids is 1. The van der Waals surface area contributed by atoms with Crippen LogP contribution in [0.3, 0.4) is 0 Å². The fraction of sp³-hybridized carbons (Fsp3) is 0.0500. The van der Waals surface area contributed by atoms with Gasteiger partial charge in [0.2, 0.25) is 0 Å². The Balaban J connectivity index is 1.69.